The lowest BCUT2D eigenvalue weighted by atomic mass is 9.93. The number of aryl methyl sites for hydroxylation is 2. The Kier molecular flexibility index (Phi) is 5.82. The lowest BCUT2D eigenvalue weighted by Crippen LogP contribution is -2.36. The topological polar surface area (TPSA) is 41.4 Å². The van der Waals surface area contributed by atoms with Crippen LogP contribution in [0, 0.1) is 12.8 Å². The molecule has 0 bridgehead atoms. The molecular weight excluding hydrogens is 324 g/mol. The number of amides is 1. The number of rotatable bonds is 5. The molecule has 6 heteroatoms. The van der Waals surface area contributed by atoms with E-state index in [1.165, 1.54) is 25.7 Å². The zero-order valence-corrected chi connectivity index (χ0v) is 15.7. The Balaban J connectivity index is 1.50. The Morgan fingerprint density at radius 3 is 2.67 bits per heavy atom. The van der Waals surface area contributed by atoms with Crippen LogP contribution >= 0.6 is 11.6 Å². The molecular formula is C18H29ClN4O. The van der Waals surface area contributed by atoms with Gasteiger partial charge in [0, 0.05) is 45.2 Å². The molecule has 0 spiro atoms. The number of aromatic nitrogens is 2. The van der Waals surface area contributed by atoms with E-state index in [1.54, 1.807) is 4.68 Å². The van der Waals surface area contributed by atoms with Crippen LogP contribution in [0.1, 0.15) is 49.8 Å². The van der Waals surface area contributed by atoms with E-state index in [0.29, 0.717) is 18.2 Å². The Labute approximate surface area is 149 Å². The van der Waals surface area contributed by atoms with Crippen molar-refractivity contribution in [2.45, 2.75) is 52.0 Å². The number of carbonyl (C=O) groups is 1. The standard InChI is InChI=1S/C18H29ClN4O/c1-14-16(18(19)21(2)20-14)13-22-9-5-6-15(12-22)7-8-17(24)23-10-3-4-11-23/h15H,3-13H2,1-2H3. The van der Waals surface area contributed by atoms with Crippen LogP contribution < -0.4 is 0 Å². The fourth-order valence-electron chi connectivity index (χ4n) is 4.06. The summed E-state index contributed by atoms with van der Waals surface area (Å²) < 4.78 is 1.75. The molecule has 24 heavy (non-hydrogen) atoms. The number of hydrogen-bond donors (Lipinski definition) is 0. The van der Waals surface area contributed by atoms with Crippen LogP contribution in [0.25, 0.3) is 0 Å². The maximum atomic E-state index is 12.2. The van der Waals surface area contributed by atoms with Crippen molar-refractivity contribution in [3.05, 3.63) is 16.4 Å². The van der Waals surface area contributed by atoms with Gasteiger partial charge in [0.15, 0.2) is 0 Å². The Hall–Kier alpha value is -1.07. The van der Waals surface area contributed by atoms with E-state index < -0.39 is 0 Å². The molecule has 1 aromatic rings. The fourth-order valence-corrected chi connectivity index (χ4v) is 4.29. The third-order valence-corrected chi connectivity index (χ3v) is 5.95. The van der Waals surface area contributed by atoms with Crippen LogP contribution in [-0.4, -0.2) is 51.7 Å². The predicted molar refractivity (Wildman–Crippen MR) is 96.0 cm³/mol. The van der Waals surface area contributed by atoms with E-state index >= 15 is 0 Å². The molecule has 1 unspecified atom stereocenters. The number of nitrogens with zero attached hydrogens (tertiary/aromatic N) is 4. The second-order valence-corrected chi connectivity index (χ2v) is 7.71. The first-order chi connectivity index (χ1) is 11.5. The van der Waals surface area contributed by atoms with Crippen LogP contribution in [0.4, 0.5) is 0 Å². The second kappa shape index (κ2) is 7.87. The predicted octanol–water partition coefficient (Wildman–Crippen LogP) is 3.00. The molecule has 0 radical (unpaired) electrons. The van der Waals surface area contributed by atoms with Gasteiger partial charge in [-0.3, -0.25) is 14.4 Å². The largest absolute Gasteiger partial charge is 0.343 e. The highest BCUT2D eigenvalue weighted by atomic mass is 35.5. The maximum absolute atomic E-state index is 12.2. The zero-order valence-electron chi connectivity index (χ0n) is 14.9. The SMILES string of the molecule is Cc1nn(C)c(Cl)c1CN1CCCC(CCC(=O)N2CCCC2)C1. The van der Waals surface area contributed by atoms with Crippen LogP contribution in [-0.2, 0) is 18.4 Å². The average Bonchev–Trinajstić information content (AvgIpc) is 3.18. The molecule has 2 saturated heterocycles. The number of likely N-dealkylation sites (tertiary alicyclic amines) is 2. The van der Waals surface area contributed by atoms with Crippen LogP contribution in [0.3, 0.4) is 0 Å². The minimum atomic E-state index is 0.357. The van der Waals surface area contributed by atoms with Crippen LogP contribution in [0.2, 0.25) is 5.15 Å². The van der Waals surface area contributed by atoms with Crippen molar-refractivity contribution in [3.63, 3.8) is 0 Å². The first-order valence-electron chi connectivity index (χ1n) is 9.22. The molecule has 1 atom stereocenters. The van der Waals surface area contributed by atoms with Crippen molar-refractivity contribution >= 4 is 17.5 Å². The van der Waals surface area contributed by atoms with Gasteiger partial charge in [-0.2, -0.15) is 5.10 Å². The summed E-state index contributed by atoms with van der Waals surface area (Å²) in [5.74, 6) is 0.983. The quantitative estimate of drug-likeness (QED) is 0.818. The summed E-state index contributed by atoms with van der Waals surface area (Å²) in [6, 6.07) is 0. The normalized spacial score (nSPS) is 22.3. The van der Waals surface area contributed by atoms with E-state index in [4.69, 9.17) is 11.6 Å². The molecule has 1 amide bonds. The third-order valence-electron chi connectivity index (χ3n) is 5.48. The minimum absolute atomic E-state index is 0.357. The number of carbonyl (C=O) groups excluding carboxylic acids is 1. The third kappa shape index (κ3) is 4.12. The smallest absolute Gasteiger partial charge is 0.222 e. The van der Waals surface area contributed by atoms with Gasteiger partial charge in [0.05, 0.1) is 5.69 Å². The highest BCUT2D eigenvalue weighted by Crippen LogP contribution is 2.26. The van der Waals surface area contributed by atoms with Gasteiger partial charge >= 0.3 is 0 Å². The summed E-state index contributed by atoms with van der Waals surface area (Å²) in [6.45, 7) is 7.01. The number of piperidine rings is 1. The monoisotopic (exact) mass is 352 g/mol. The Morgan fingerprint density at radius 1 is 1.25 bits per heavy atom. The average molecular weight is 353 g/mol. The zero-order chi connectivity index (χ0) is 17.1. The van der Waals surface area contributed by atoms with E-state index in [1.807, 2.05) is 18.9 Å². The molecule has 0 aliphatic carbocycles. The first kappa shape index (κ1) is 17.7. The van der Waals surface area contributed by atoms with Gasteiger partial charge in [0.1, 0.15) is 5.15 Å². The first-order valence-corrected chi connectivity index (χ1v) is 9.60. The van der Waals surface area contributed by atoms with Crippen molar-refractivity contribution in [2.75, 3.05) is 26.2 Å². The molecule has 1 aromatic heterocycles. The summed E-state index contributed by atoms with van der Waals surface area (Å²) in [5.41, 5.74) is 2.17. The van der Waals surface area contributed by atoms with Crippen LogP contribution in [0.5, 0.6) is 0 Å². The van der Waals surface area contributed by atoms with Gasteiger partial charge in [-0.1, -0.05) is 11.6 Å². The van der Waals surface area contributed by atoms with E-state index in [9.17, 15) is 4.79 Å². The van der Waals surface area contributed by atoms with Gasteiger partial charge < -0.3 is 4.90 Å². The van der Waals surface area contributed by atoms with Gasteiger partial charge in [-0.25, -0.2) is 0 Å². The summed E-state index contributed by atoms with van der Waals surface area (Å²) in [6.07, 6.45) is 6.53. The molecule has 0 N–H and O–H groups in total. The summed E-state index contributed by atoms with van der Waals surface area (Å²) in [4.78, 5) is 16.8. The second-order valence-electron chi connectivity index (χ2n) is 7.35. The summed E-state index contributed by atoms with van der Waals surface area (Å²) >= 11 is 6.37. The van der Waals surface area contributed by atoms with Crippen molar-refractivity contribution in [1.29, 1.82) is 0 Å². The fraction of sp³-hybridized carbons (Fsp3) is 0.778. The number of halogens is 1. The number of hydrogen-bond acceptors (Lipinski definition) is 3. The van der Waals surface area contributed by atoms with Crippen molar-refractivity contribution in [1.82, 2.24) is 19.6 Å². The summed E-state index contributed by atoms with van der Waals surface area (Å²) in [5, 5.41) is 5.16. The molecule has 2 aliphatic rings. The Morgan fingerprint density at radius 2 is 2.00 bits per heavy atom. The van der Waals surface area contributed by atoms with Crippen molar-refractivity contribution < 1.29 is 4.79 Å². The highest BCUT2D eigenvalue weighted by Gasteiger charge is 2.24. The van der Waals surface area contributed by atoms with Crippen molar-refractivity contribution in [2.24, 2.45) is 13.0 Å². The van der Waals surface area contributed by atoms with Crippen LogP contribution in [0.15, 0.2) is 0 Å². The molecule has 3 rings (SSSR count). The maximum Gasteiger partial charge on any atom is 0.222 e. The van der Waals surface area contributed by atoms with E-state index in [2.05, 4.69) is 10.00 Å². The van der Waals surface area contributed by atoms with Gasteiger partial charge in [0.2, 0.25) is 5.91 Å². The molecule has 0 saturated carbocycles. The lowest BCUT2D eigenvalue weighted by molar-refractivity contribution is -0.130. The summed E-state index contributed by atoms with van der Waals surface area (Å²) in [7, 11) is 1.89. The molecule has 2 fully saturated rings. The molecule has 0 aromatic carbocycles. The minimum Gasteiger partial charge on any atom is -0.343 e. The van der Waals surface area contributed by atoms with Gasteiger partial charge in [-0.05, 0) is 51.5 Å². The highest BCUT2D eigenvalue weighted by molar-refractivity contribution is 6.30. The van der Waals surface area contributed by atoms with Crippen molar-refractivity contribution in [3.8, 4) is 0 Å². The van der Waals surface area contributed by atoms with Gasteiger partial charge in [0.25, 0.3) is 0 Å². The van der Waals surface area contributed by atoms with Gasteiger partial charge in [-0.15, -0.1) is 0 Å². The lowest BCUT2D eigenvalue weighted by Gasteiger charge is -2.33. The Bertz CT molecular complexity index is 580. The molecule has 134 valence electrons. The molecule has 5 nitrogen and oxygen atoms in total. The van der Waals surface area contributed by atoms with E-state index in [0.717, 1.165) is 55.6 Å². The molecule has 3 heterocycles. The van der Waals surface area contributed by atoms with E-state index in [-0.39, 0.29) is 0 Å². The molecule has 2 aliphatic heterocycles.